The number of ether oxygens (including phenoxy) is 1. The van der Waals surface area contributed by atoms with Gasteiger partial charge in [-0.2, -0.15) is 0 Å². The molecule has 2 unspecified atom stereocenters. The molecule has 3 amide bonds. The van der Waals surface area contributed by atoms with E-state index < -0.39 is 6.04 Å². The number of nitrogens with one attached hydrogen (secondary N) is 1. The molecule has 6 nitrogen and oxygen atoms in total. The lowest BCUT2D eigenvalue weighted by molar-refractivity contribution is -0.136. The van der Waals surface area contributed by atoms with Crippen molar-refractivity contribution in [3.63, 3.8) is 0 Å². The Bertz CT molecular complexity index is 716. The number of nitrogens with zero attached hydrogens (tertiary/aromatic N) is 1. The van der Waals surface area contributed by atoms with Crippen LogP contribution in [0.4, 0.5) is 0 Å². The Kier molecular flexibility index (Phi) is 5.59. The van der Waals surface area contributed by atoms with Crippen LogP contribution >= 0.6 is 0 Å². The third-order valence-corrected chi connectivity index (χ3v) is 5.13. The van der Waals surface area contributed by atoms with Crippen molar-refractivity contribution in [2.75, 3.05) is 0 Å². The predicted octanol–water partition coefficient (Wildman–Crippen LogP) is 2.80. The number of benzene rings is 1. The first-order chi connectivity index (χ1) is 12.5. The van der Waals surface area contributed by atoms with Crippen molar-refractivity contribution in [2.45, 2.75) is 71.1 Å². The van der Waals surface area contributed by atoms with Crippen LogP contribution in [0.25, 0.3) is 0 Å². The SMILES string of the molecule is CCCCC(CC)Oc1ccc2c(c1)CN(C1CCC(=O)NC1=O)C2=O. The molecule has 2 heterocycles. The topological polar surface area (TPSA) is 75.7 Å². The van der Waals surface area contributed by atoms with Gasteiger partial charge in [-0.25, -0.2) is 0 Å². The average Bonchev–Trinajstić information content (AvgIpc) is 2.94. The van der Waals surface area contributed by atoms with Crippen LogP contribution in [0, 0.1) is 0 Å². The van der Waals surface area contributed by atoms with E-state index >= 15 is 0 Å². The summed E-state index contributed by atoms with van der Waals surface area (Å²) in [5, 5.41) is 2.32. The summed E-state index contributed by atoms with van der Waals surface area (Å²) in [5.74, 6) is -0.0445. The second-order valence-corrected chi connectivity index (χ2v) is 7.01. The first-order valence-electron chi connectivity index (χ1n) is 9.47. The van der Waals surface area contributed by atoms with E-state index in [2.05, 4.69) is 19.2 Å². The number of imide groups is 1. The number of hydrogen-bond donors (Lipinski definition) is 1. The molecule has 2 aliphatic heterocycles. The van der Waals surface area contributed by atoms with E-state index in [-0.39, 0.29) is 30.2 Å². The number of rotatable bonds is 7. The third kappa shape index (κ3) is 3.74. The van der Waals surface area contributed by atoms with E-state index in [1.54, 1.807) is 11.0 Å². The molecule has 140 valence electrons. The molecule has 1 N–H and O–H groups in total. The van der Waals surface area contributed by atoms with Crippen molar-refractivity contribution in [1.29, 1.82) is 0 Å². The summed E-state index contributed by atoms with van der Waals surface area (Å²) in [5.41, 5.74) is 1.49. The van der Waals surface area contributed by atoms with Gasteiger partial charge >= 0.3 is 0 Å². The van der Waals surface area contributed by atoms with Gasteiger partial charge in [-0.05, 0) is 43.0 Å². The lowest BCUT2D eigenvalue weighted by atomic mass is 10.0. The molecule has 0 aliphatic carbocycles. The molecule has 1 fully saturated rings. The highest BCUT2D eigenvalue weighted by atomic mass is 16.5. The number of carbonyl (C=O) groups is 3. The van der Waals surface area contributed by atoms with Gasteiger partial charge in [0.05, 0.1) is 6.10 Å². The minimum atomic E-state index is -0.579. The number of amides is 3. The van der Waals surface area contributed by atoms with Crippen molar-refractivity contribution in [3.8, 4) is 5.75 Å². The van der Waals surface area contributed by atoms with Gasteiger partial charge in [0.1, 0.15) is 11.8 Å². The second kappa shape index (κ2) is 7.89. The van der Waals surface area contributed by atoms with Crippen LogP contribution in [0.15, 0.2) is 18.2 Å². The van der Waals surface area contributed by atoms with Crippen LogP contribution < -0.4 is 10.1 Å². The first-order valence-corrected chi connectivity index (χ1v) is 9.47. The van der Waals surface area contributed by atoms with Crippen molar-refractivity contribution in [1.82, 2.24) is 10.2 Å². The summed E-state index contributed by atoms with van der Waals surface area (Å²) in [6.07, 6.45) is 5.05. The summed E-state index contributed by atoms with van der Waals surface area (Å²) < 4.78 is 6.09. The third-order valence-electron chi connectivity index (χ3n) is 5.13. The van der Waals surface area contributed by atoms with Gasteiger partial charge in [0, 0.05) is 18.5 Å². The summed E-state index contributed by atoms with van der Waals surface area (Å²) in [7, 11) is 0. The molecule has 1 saturated heterocycles. The molecule has 0 bridgehead atoms. The van der Waals surface area contributed by atoms with Gasteiger partial charge in [0.25, 0.3) is 5.91 Å². The second-order valence-electron chi connectivity index (χ2n) is 7.01. The fraction of sp³-hybridized carbons (Fsp3) is 0.550. The molecule has 0 saturated carbocycles. The van der Waals surface area contributed by atoms with Gasteiger partial charge in [-0.1, -0.05) is 26.7 Å². The molecule has 0 spiro atoms. The molecule has 2 aliphatic rings. The van der Waals surface area contributed by atoms with E-state index in [0.29, 0.717) is 18.5 Å². The average molecular weight is 358 g/mol. The first kappa shape index (κ1) is 18.4. The highest BCUT2D eigenvalue weighted by Gasteiger charge is 2.39. The van der Waals surface area contributed by atoms with Crippen LogP contribution in [0.5, 0.6) is 5.75 Å². The lowest BCUT2D eigenvalue weighted by Gasteiger charge is -2.29. The maximum atomic E-state index is 12.7. The predicted molar refractivity (Wildman–Crippen MR) is 96.7 cm³/mol. The molecule has 3 rings (SSSR count). The van der Waals surface area contributed by atoms with Crippen LogP contribution in [0.1, 0.15) is 68.3 Å². The number of unbranched alkanes of at least 4 members (excludes halogenated alkanes) is 1. The number of hydrogen-bond acceptors (Lipinski definition) is 4. The minimum Gasteiger partial charge on any atom is -0.490 e. The molecule has 0 radical (unpaired) electrons. The van der Waals surface area contributed by atoms with Crippen molar-refractivity contribution in [3.05, 3.63) is 29.3 Å². The maximum absolute atomic E-state index is 12.7. The Morgan fingerprint density at radius 2 is 2.08 bits per heavy atom. The van der Waals surface area contributed by atoms with Crippen molar-refractivity contribution < 1.29 is 19.1 Å². The van der Waals surface area contributed by atoms with Crippen molar-refractivity contribution in [2.24, 2.45) is 0 Å². The highest BCUT2D eigenvalue weighted by Crippen LogP contribution is 2.30. The normalized spacial score (nSPS) is 20.8. The molecule has 1 aromatic carbocycles. The van der Waals surface area contributed by atoms with Gasteiger partial charge in [-0.3, -0.25) is 19.7 Å². The molecule has 2 atom stereocenters. The summed E-state index contributed by atoms with van der Waals surface area (Å²) in [6, 6.07) is 4.95. The largest absolute Gasteiger partial charge is 0.490 e. The van der Waals surface area contributed by atoms with E-state index in [0.717, 1.165) is 37.0 Å². The standard InChI is InChI=1S/C20H26N2O4/c1-3-5-6-14(4-2)26-15-7-8-16-13(11-15)12-22(20(16)25)17-9-10-18(23)21-19(17)24/h7-8,11,14,17H,3-6,9-10,12H2,1-2H3,(H,21,23,24). The Hall–Kier alpha value is -2.37. The Morgan fingerprint density at radius 1 is 1.27 bits per heavy atom. The Morgan fingerprint density at radius 3 is 2.77 bits per heavy atom. The van der Waals surface area contributed by atoms with E-state index in [9.17, 15) is 14.4 Å². The summed E-state index contributed by atoms with van der Waals surface area (Å²) in [4.78, 5) is 37.7. The maximum Gasteiger partial charge on any atom is 0.255 e. The van der Waals surface area contributed by atoms with E-state index in [4.69, 9.17) is 4.74 Å². The fourth-order valence-electron chi connectivity index (χ4n) is 3.59. The van der Waals surface area contributed by atoms with Crippen molar-refractivity contribution >= 4 is 17.7 Å². The molecule has 26 heavy (non-hydrogen) atoms. The fourth-order valence-corrected chi connectivity index (χ4v) is 3.59. The lowest BCUT2D eigenvalue weighted by Crippen LogP contribution is -2.52. The number of piperidine rings is 1. The summed E-state index contributed by atoms with van der Waals surface area (Å²) in [6.45, 7) is 4.66. The highest BCUT2D eigenvalue weighted by molar-refractivity contribution is 6.05. The quantitative estimate of drug-likeness (QED) is 0.761. The van der Waals surface area contributed by atoms with Crippen LogP contribution in [0.2, 0.25) is 0 Å². The van der Waals surface area contributed by atoms with E-state index in [1.807, 2.05) is 12.1 Å². The molecular formula is C20H26N2O4. The Balaban J connectivity index is 1.72. The van der Waals surface area contributed by atoms with E-state index in [1.165, 1.54) is 0 Å². The molecule has 6 heteroatoms. The zero-order valence-corrected chi connectivity index (χ0v) is 15.4. The zero-order chi connectivity index (χ0) is 18.7. The van der Waals surface area contributed by atoms with Crippen LogP contribution in [-0.2, 0) is 16.1 Å². The van der Waals surface area contributed by atoms with Crippen LogP contribution in [0.3, 0.4) is 0 Å². The van der Waals surface area contributed by atoms with Crippen LogP contribution in [-0.4, -0.2) is 34.8 Å². The number of carbonyl (C=O) groups excluding carboxylic acids is 3. The minimum absolute atomic E-state index is 0.154. The van der Waals surface area contributed by atoms with Gasteiger partial charge < -0.3 is 9.64 Å². The zero-order valence-electron chi connectivity index (χ0n) is 15.4. The smallest absolute Gasteiger partial charge is 0.255 e. The molecular weight excluding hydrogens is 332 g/mol. The molecule has 0 aromatic heterocycles. The Labute approximate surface area is 153 Å². The number of fused-ring (bicyclic) bond motifs is 1. The van der Waals surface area contributed by atoms with Gasteiger partial charge in [0.2, 0.25) is 11.8 Å². The van der Waals surface area contributed by atoms with Gasteiger partial charge in [-0.15, -0.1) is 0 Å². The summed E-state index contributed by atoms with van der Waals surface area (Å²) >= 11 is 0. The monoisotopic (exact) mass is 358 g/mol. The van der Waals surface area contributed by atoms with Gasteiger partial charge in [0.15, 0.2) is 0 Å². The molecule has 1 aromatic rings.